The quantitative estimate of drug-likeness (QED) is 0.172. The van der Waals surface area contributed by atoms with Crippen LogP contribution < -0.4 is 21.7 Å². The maximum atomic E-state index is 12.8. The summed E-state index contributed by atoms with van der Waals surface area (Å²) in [6.45, 7) is 2.76. The fraction of sp³-hybridized carbons (Fsp3) is 0.545. The number of hydrogen-bond donors (Lipinski definition) is 7. The van der Waals surface area contributed by atoms with Gasteiger partial charge < -0.3 is 37.0 Å². The molecule has 3 amide bonds. The molecule has 0 aliphatic carbocycles. The highest BCUT2D eigenvalue weighted by Crippen LogP contribution is 2.12. The number of carboxylic acid groups (broad SMARTS) is 1. The number of aliphatic carboxylic acids is 1. The number of aromatic hydroxyl groups is 1. The third kappa shape index (κ3) is 9.57. The molecular formula is C22H34N4O7S. The first-order chi connectivity index (χ1) is 16.0. The van der Waals surface area contributed by atoms with E-state index in [4.69, 9.17) is 5.73 Å². The van der Waals surface area contributed by atoms with Crippen LogP contribution in [0.25, 0.3) is 0 Å². The number of thioether (sulfide) groups is 1. The number of nitrogens with two attached hydrogens (primary N) is 1. The minimum atomic E-state index is -1.43. The van der Waals surface area contributed by atoms with Crippen LogP contribution in [0.4, 0.5) is 0 Å². The van der Waals surface area contributed by atoms with Gasteiger partial charge in [0.1, 0.15) is 23.9 Å². The maximum Gasteiger partial charge on any atom is 0.326 e. The monoisotopic (exact) mass is 498 g/mol. The van der Waals surface area contributed by atoms with E-state index in [-0.39, 0.29) is 24.5 Å². The molecular weight excluding hydrogens is 464 g/mol. The number of amides is 3. The van der Waals surface area contributed by atoms with E-state index in [0.717, 1.165) is 0 Å². The molecule has 0 radical (unpaired) electrons. The number of aliphatic hydroxyl groups is 1. The van der Waals surface area contributed by atoms with Crippen LogP contribution >= 0.6 is 11.8 Å². The van der Waals surface area contributed by atoms with Gasteiger partial charge in [-0.1, -0.05) is 26.0 Å². The van der Waals surface area contributed by atoms with E-state index in [0.29, 0.717) is 11.3 Å². The first kappa shape index (κ1) is 29.2. The highest BCUT2D eigenvalue weighted by molar-refractivity contribution is 7.98. The molecule has 0 aliphatic heterocycles. The van der Waals surface area contributed by atoms with Gasteiger partial charge in [0.05, 0.1) is 12.6 Å². The van der Waals surface area contributed by atoms with Crippen LogP contribution in [0.2, 0.25) is 0 Å². The van der Waals surface area contributed by atoms with Crippen LogP contribution in [0.15, 0.2) is 24.3 Å². The number of carbonyl (C=O) groups excluding carboxylic acids is 3. The molecule has 0 heterocycles. The summed E-state index contributed by atoms with van der Waals surface area (Å²) in [5.41, 5.74) is 6.40. The minimum absolute atomic E-state index is 0.0141. The van der Waals surface area contributed by atoms with Gasteiger partial charge in [-0.2, -0.15) is 11.8 Å². The number of benzene rings is 1. The third-order valence-electron chi connectivity index (χ3n) is 5.07. The fourth-order valence-electron chi connectivity index (χ4n) is 2.88. The third-order valence-corrected chi connectivity index (χ3v) is 5.71. The van der Waals surface area contributed by atoms with Crippen LogP contribution in [0, 0.1) is 5.92 Å². The lowest BCUT2D eigenvalue weighted by Crippen LogP contribution is -2.58. The summed E-state index contributed by atoms with van der Waals surface area (Å²) >= 11 is 1.46. The number of rotatable bonds is 14. The Labute approximate surface area is 202 Å². The summed E-state index contributed by atoms with van der Waals surface area (Å²) in [4.78, 5) is 49.4. The fourth-order valence-corrected chi connectivity index (χ4v) is 3.35. The molecule has 12 heteroatoms. The Morgan fingerprint density at radius 2 is 1.47 bits per heavy atom. The van der Waals surface area contributed by atoms with Crippen molar-refractivity contribution in [1.29, 1.82) is 0 Å². The summed E-state index contributed by atoms with van der Waals surface area (Å²) in [5.74, 6) is -3.01. The number of phenols is 1. The van der Waals surface area contributed by atoms with Crippen molar-refractivity contribution in [3.05, 3.63) is 29.8 Å². The summed E-state index contributed by atoms with van der Waals surface area (Å²) < 4.78 is 0. The first-order valence-corrected chi connectivity index (χ1v) is 12.2. The predicted octanol–water partition coefficient (Wildman–Crippen LogP) is -0.798. The van der Waals surface area contributed by atoms with Crippen molar-refractivity contribution >= 4 is 35.5 Å². The van der Waals surface area contributed by atoms with Crippen molar-refractivity contribution < 1.29 is 34.5 Å². The van der Waals surface area contributed by atoms with Gasteiger partial charge >= 0.3 is 5.97 Å². The minimum Gasteiger partial charge on any atom is -0.508 e. The zero-order valence-electron chi connectivity index (χ0n) is 19.5. The largest absolute Gasteiger partial charge is 0.508 e. The van der Waals surface area contributed by atoms with Crippen molar-refractivity contribution in [2.45, 2.75) is 50.9 Å². The molecule has 11 nitrogen and oxygen atoms in total. The molecule has 34 heavy (non-hydrogen) atoms. The van der Waals surface area contributed by atoms with Crippen molar-refractivity contribution in [2.75, 3.05) is 18.6 Å². The van der Waals surface area contributed by atoms with Crippen LogP contribution in [-0.4, -0.2) is 81.8 Å². The molecule has 0 aromatic heterocycles. The van der Waals surface area contributed by atoms with Gasteiger partial charge in [0.2, 0.25) is 17.7 Å². The van der Waals surface area contributed by atoms with E-state index in [1.165, 1.54) is 36.0 Å². The summed E-state index contributed by atoms with van der Waals surface area (Å²) in [5, 5.41) is 35.7. The standard InChI is InChI=1S/C22H34N4O7S/c1-12(2)18(23)21(31)24-15(8-9-34-3)19(29)26-17(11-27)20(30)25-16(22(32)33)10-13-4-6-14(28)7-5-13/h4-7,12,15-18,27-28H,8-11,23H2,1-3H3,(H,24,31)(H,25,30)(H,26,29)(H,32,33). The van der Waals surface area contributed by atoms with Crippen LogP contribution in [0.1, 0.15) is 25.8 Å². The summed E-state index contributed by atoms with van der Waals surface area (Å²) in [7, 11) is 0. The molecule has 0 saturated heterocycles. The molecule has 0 saturated carbocycles. The van der Waals surface area contributed by atoms with Gasteiger partial charge in [-0.25, -0.2) is 4.79 Å². The average Bonchev–Trinajstić information content (AvgIpc) is 2.79. The van der Waals surface area contributed by atoms with E-state index in [2.05, 4.69) is 16.0 Å². The second kappa shape index (κ2) is 14.4. The van der Waals surface area contributed by atoms with Gasteiger partial charge in [-0.05, 0) is 42.0 Å². The van der Waals surface area contributed by atoms with E-state index in [9.17, 15) is 34.5 Å². The van der Waals surface area contributed by atoms with Crippen molar-refractivity contribution in [1.82, 2.24) is 16.0 Å². The van der Waals surface area contributed by atoms with Crippen molar-refractivity contribution in [3.8, 4) is 5.75 Å². The zero-order valence-corrected chi connectivity index (χ0v) is 20.3. The van der Waals surface area contributed by atoms with Gasteiger partial charge in [0.25, 0.3) is 0 Å². The lowest BCUT2D eigenvalue weighted by atomic mass is 10.0. The Morgan fingerprint density at radius 1 is 0.941 bits per heavy atom. The predicted molar refractivity (Wildman–Crippen MR) is 128 cm³/mol. The molecule has 1 aromatic carbocycles. The molecule has 4 unspecified atom stereocenters. The second-order valence-corrected chi connectivity index (χ2v) is 9.11. The van der Waals surface area contributed by atoms with E-state index < -0.39 is 54.5 Å². The highest BCUT2D eigenvalue weighted by Gasteiger charge is 2.30. The average molecular weight is 499 g/mol. The lowest BCUT2D eigenvalue weighted by Gasteiger charge is -2.25. The second-order valence-electron chi connectivity index (χ2n) is 8.13. The maximum absolute atomic E-state index is 12.8. The molecule has 0 fully saturated rings. The number of hydrogen-bond acceptors (Lipinski definition) is 8. The van der Waals surface area contributed by atoms with Gasteiger partial charge in [0, 0.05) is 6.42 Å². The molecule has 0 aliphatic rings. The lowest BCUT2D eigenvalue weighted by molar-refractivity contribution is -0.142. The number of carboxylic acids is 1. The van der Waals surface area contributed by atoms with Crippen LogP contribution in [0.3, 0.4) is 0 Å². The SMILES string of the molecule is CSCCC(NC(=O)C(N)C(C)C)C(=O)NC(CO)C(=O)NC(Cc1ccc(O)cc1)C(=O)O. The van der Waals surface area contributed by atoms with Gasteiger partial charge in [-0.15, -0.1) is 0 Å². The zero-order chi connectivity index (χ0) is 25.8. The summed E-state index contributed by atoms with van der Waals surface area (Å²) in [6, 6.07) is 1.24. The molecule has 8 N–H and O–H groups in total. The topological polar surface area (TPSA) is 191 Å². The number of phenolic OH excluding ortho intramolecular Hbond substituents is 1. The molecule has 0 spiro atoms. The molecule has 4 atom stereocenters. The Balaban J connectivity index is 2.86. The Kier molecular flexibility index (Phi) is 12.4. The van der Waals surface area contributed by atoms with Gasteiger partial charge in [-0.3, -0.25) is 14.4 Å². The van der Waals surface area contributed by atoms with Crippen molar-refractivity contribution in [2.24, 2.45) is 11.7 Å². The number of nitrogens with one attached hydrogen (secondary N) is 3. The Bertz CT molecular complexity index is 835. The first-order valence-electron chi connectivity index (χ1n) is 10.8. The molecule has 190 valence electrons. The smallest absolute Gasteiger partial charge is 0.326 e. The van der Waals surface area contributed by atoms with Crippen molar-refractivity contribution in [3.63, 3.8) is 0 Å². The van der Waals surface area contributed by atoms with Gasteiger partial charge in [0.15, 0.2) is 0 Å². The van der Waals surface area contributed by atoms with E-state index in [1.807, 2.05) is 6.26 Å². The molecule has 0 bridgehead atoms. The number of aliphatic hydroxyl groups excluding tert-OH is 1. The van der Waals surface area contributed by atoms with E-state index in [1.54, 1.807) is 13.8 Å². The van der Waals surface area contributed by atoms with E-state index >= 15 is 0 Å². The normalized spacial score (nSPS) is 14.5. The highest BCUT2D eigenvalue weighted by atomic mass is 32.2. The summed E-state index contributed by atoms with van der Waals surface area (Å²) in [6.07, 6.45) is 2.02. The molecule has 1 rings (SSSR count). The number of carbonyl (C=O) groups is 4. The van der Waals surface area contributed by atoms with Crippen LogP contribution in [-0.2, 0) is 25.6 Å². The molecule has 1 aromatic rings. The Morgan fingerprint density at radius 3 is 1.97 bits per heavy atom. The van der Waals surface area contributed by atoms with Crippen LogP contribution in [0.5, 0.6) is 5.75 Å². The Hall–Kier alpha value is -2.83.